The van der Waals surface area contributed by atoms with Gasteiger partial charge < -0.3 is 10.5 Å². The second-order valence-corrected chi connectivity index (χ2v) is 2.58. The Morgan fingerprint density at radius 3 is 2.67 bits per heavy atom. The van der Waals surface area contributed by atoms with E-state index in [0.717, 1.165) is 16.9 Å². The Hall–Kier alpha value is -1.44. The van der Waals surface area contributed by atoms with Crippen molar-refractivity contribution >= 4 is 6.08 Å². The summed E-state index contributed by atoms with van der Waals surface area (Å²) in [6.07, 6.45) is 3.41. The maximum atomic E-state index is 5.29. The molecule has 0 atom stereocenters. The van der Waals surface area contributed by atoms with E-state index < -0.39 is 0 Å². The molecule has 0 aliphatic heterocycles. The van der Waals surface area contributed by atoms with Crippen LogP contribution in [-0.2, 0) is 0 Å². The Labute approximate surface area is 72.7 Å². The molecule has 0 heterocycles. The standard InChI is InChI=1S/C10H13NO/c1-8-7-10(12-2)4-3-9(8)5-6-11/h3-7H,11H2,1-2H3/b6-5-. The van der Waals surface area contributed by atoms with Gasteiger partial charge in [-0.05, 0) is 42.5 Å². The molecule has 1 rings (SSSR count). The van der Waals surface area contributed by atoms with Crippen molar-refractivity contribution in [3.05, 3.63) is 35.5 Å². The number of hydrogen-bond acceptors (Lipinski definition) is 2. The number of hydrogen-bond donors (Lipinski definition) is 1. The first-order valence-electron chi connectivity index (χ1n) is 3.81. The van der Waals surface area contributed by atoms with Crippen LogP contribution in [0.1, 0.15) is 11.1 Å². The van der Waals surface area contributed by atoms with Crippen molar-refractivity contribution in [3.63, 3.8) is 0 Å². The van der Waals surface area contributed by atoms with Crippen LogP contribution >= 0.6 is 0 Å². The molecule has 0 saturated heterocycles. The van der Waals surface area contributed by atoms with Gasteiger partial charge in [0.1, 0.15) is 5.75 Å². The van der Waals surface area contributed by atoms with Crippen LogP contribution in [0.2, 0.25) is 0 Å². The first-order chi connectivity index (χ1) is 5.77. The predicted octanol–water partition coefficient (Wildman–Crippen LogP) is 1.93. The number of rotatable bonds is 2. The number of aryl methyl sites for hydroxylation is 1. The summed E-state index contributed by atoms with van der Waals surface area (Å²) in [7, 11) is 1.66. The average Bonchev–Trinajstić information content (AvgIpc) is 2.09. The van der Waals surface area contributed by atoms with Crippen molar-refractivity contribution in [2.75, 3.05) is 7.11 Å². The summed E-state index contributed by atoms with van der Waals surface area (Å²) in [4.78, 5) is 0. The second kappa shape index (κ2) is 3.81. The molecule has 2 nitrogen and oxygen atoms in total. The van der Waals surface area contributed by atoms with E-state index in [4.69, 9.17) is 10.5 Å². The van der Waals surface area contributed by atoms with Gasteiger partial charge in [0.05, 0.1) is 7.11 Å². The van der Waals surface area contributed by atoms with Gasteiger partial charge in [0.25, 0.3) is 0 Å². The zero-order chi connectivity index (χ0) is 8.97. The highest BCUT2D eigenvalue weighted by Crippen LogP contribution is 2.17. The van der Waals surface area contributed by atoms with Gasteiger partial charge >= 0.3 is 0 Å². The molecular weight excluding hydrogens is 150 g/mol. The molecule has 64 valence electrons. The number of benzene rings is 1. The molecule has 2 heteroatoms. The molecule has 1 aromatic rings. The minimum atomic E-state index is 0.877. The molecule has 0 amide bonds. The fourth-order valence-corrected chi connectivity index (χ4v) is 1.07. The van der Waals surface area contributed by atoms with E-state index >= 15 is 0 Å². The van der Waals surface area contributed by atoms with Crippen molar-refractivity contribution in [1.29, 1.82) is 0 Å². The lowest BCUT2D eigenvalue weighted by Crippen LogP contribution is -1.86. The van der Waals surface area contributed by atoms with Crippen molar-refractivity contribution in [1.82, 2.24) is 0 Å². The molecule has 0 spiro atoms. The smallest absolute Gasteiger partial charge is 0.119 e. The van der Waals surface area contributed by atoms with Gasteiger partial charge in [0, 0.05) is 0 Å². The van der Waals surface area contributed by atoms with Crippen LogP contribution in [0.4, 0.5) is 0 Å². The first kappa shape index (κ1) is 8.65. The molecule has 0 bridgehead atoms. The molecule has 0 radical (unpaired) electrons. The minimum Gasteiger partial charge on any atom is -0.497 e. The van der Waals surface area contributed by atoms with E-state index in [1.807, 2.05) is 31.2 Å². The average molecular weight is 163 g/mol. The summed E-state index contributed by atoms with van der Waals surface area (Å²) in [6, 6.07) is 5.88. The van der Waals surface area contributed by atoms with Crippen molar-refractivity contribution in [2.45, 2.75) is 6.92 Å². The number of ether oxygens (including phenoxy) is 1. The van der Waals surface area contributed by atoms with E-state index in [-0.39, 0.29) is 0 Å². The van der Waals surface area contributed by atoms with Gasteiger partial charge in [0.2, 0.25) is 0 Å². The summed E-state index contributed by atoms with van der Waals surface area (Å²) in [5.41, 5.74) is 7.57. The van der Waals surface area contributed by atoms with Crippen LogP contribution in [0.3, 0.4) is 0 Å². The largest absolute Gasteiger partial charge is 0.497 e. The van der Waals surface area contributed by atoms with E-state index in [2.05, 4.69) is 0 Å². The van der Waals surface area contributed by atoms with Crippen LogP contribution in [-0.4, -0.2) is 7.11 Å². The quantitative estimate of drug-likeness (QED) is 0.723. The maximum absolute atomic E-state index is 5.29. The van der Waals surface area contributed by atoms with Crippen LogP contribution in [0.5, 0.6) is 5.75 Å². The molecule has 0 aliphatic rings. The summed E-state index contributed by atoms with van der Waals surface area (Å²) in [6.45, 7) is 2.03. The minimum absolute atomic E-state index is 0.877. The van der Waals surface area contributed by atoms with Gasteiger partial charge in [-0.3, -0.25) is 0 Å². The van der Waals surface area contributed by atoms with Crippen LogP contribution in [0.15, 0.2) is 24.4 Å². The normalized spacial score (nSPS) is 10.5. The molecule has 0 aliphatic carbocycles. The predicted molar refractivity (Wildman–Crippen MR) is 51.0 cm³/mol. The van der Waals surface area contributed by atoms with Crippen molar-refractivity contribution in [3.8, 4) is 5.75 Å². The highest BCUT2D eigenvalue weighted by molar-refractivity contribution is 5.54. The fourth-order valence-electron chi connectivity index (χ4n) is 1.07. The zero-order valence-corrected chi connectivity index (χ0v) is 7.37. The molecule has 0 aromatic heterocycles. The molecule has 1 aromatic carbocycles. The Bertz CT molecular complexity index is 292. The van der Waals surface area contributed by atoms with Gasteiger partial charge in [-0.2, -0.15) is 0 Å². The van der Waals surface area contributed by atoms with E-state index in [1.54, 1.807) is 7.11 Å². The molecular formula is C10H13NO. The summed E-state index contributed by atoms with van der Waals surface area (Å²) in [5.74, 6) is 0.877. The molecule has 0 fully saturated rings. The lowest BCUT2D eigenvalue weighted by Gasteiger charge is -2.03. The van der Waals surface area contributed by atoms with E-state index in [9.17, 15) is 0 Å². The maximum Gasteiger partial charge on any atom is 0.119 e. The Kier molecular flexibility index (Phi) is 2.75. The van der Waals surface area contributed by atoms with Gasteiger partial charge in [-0.1, -0.05) is 6.07 Å². The summed E-state index contributed by atoms with van der Waals surface area (Å²) < 4.78 is 5.07. The Balaban J connectivity index is 3.03. The van der Waals surface area contributed by atoms with Crippen LogP contribution < -0.4 is 10.5 Å². The third kappa shape index (κ3) is 1.78. The van der Waals surface area contributed by atoms with E-state index in [0.29, 0.717) is 0 Å². The molecule has 12 heavy (non-hydrogen) atoms. The highest BCUT2D eigenvalue weighted by atomic mass is 16.5. The topological polar surface area (TPSA) is 35.2 Å². The highest BCUT2D eigenvalue weighted by Gasteiger charge is 1.95. The van der Waals surface area contributed by atoms with Crippen molar-refractivity contribution < 1.29 is 4.74 Å². The third-order valence-corrected chi connectivity index (χ3v) is 1.75. The molecule has 0 unspecified atom stereocenters. The second-order valence-electron chi connectivity index (χ2n) is 2.58. The zero-order valence-electron chi connectivity index (χ0n) is 7.37. The van der Waals surface area contributed by atoms with Gasteiger partial charge in [0.15, 0.2) is 0 Å². The first-order valence-corrected chi connectivity index (χ1v) is 3.81. The summed E-state index contributed by atoms with van der Waals surface area (Å²) >= 11 is 0. The Morgan fingerprint density at radius 2 is 2.17 bits per heavy atom. The van der Waals surface area contributed by atoms with Crippen LogP contribution in [0, 0.1) is 6.92 Å². The lowest BCUT2D eigenvalue weighted by atomic mass is 10.1. The van der Waals surface area contributed by atoms with E-state index in [1.165, 1.54) is 6.20 Å². The number of methoxy groups -OCH3 is 1. The monoisotopic (exact) mass is 163 g/mol. The Morgan fingerprint density at radius 1 is 1.42 bits per heavy atom. The van der Waals surface area contributed by atoms with Gasteiger partial charge in [-0.25, -0.2) is 0 Å². The lowest BCUT2D eigenvalue weighted by molar-refractivity contribution is 0.414. The summed E-state index contributed by atoms with van der Waals surface area (Å²) in [5, 5.41) is 0. The van der Waals surface area contributed by atoms with Crippen LogP contribution in [0.25, 0.3) is 6.08 Å². The SMILES string of the molecule is COc1ccc(/C=C\N)c(C)c1. The molecule has 2 N–H and O–H groups in total. The fraction of sp³-hybridized carbons (Fsp3) is 0.200. The van der Waals surface area contributed by atoms with Gasteiger partial charge in [-0.15, -0.1) is 0 Å². The van der Waals surface area contributed by atoms with Crippen molar-refractivity contribution in [2.24, 2.45) is 5.73 Å². The number of nitrogens with two attached hydrogens (primary N) is 1. The molecule has 0 saturated carbocycles. The third-order valence-electron chi connectivity index (χ3n) is 1.75.